The van der Waals surface area contributed by atoms with E-state index in [9.17, 15) is 0 Å². The van der Waals surface area contributed by atoms with Crippen LogP contribution in [0.5, 0.6) is 0 Å². The Balaban J connectivity index is 2.34. The number of hydrogen-bond acceptors (Lipinski definition) is 4. The van der Waals surface area contributed by atoms with Crippen LogP contribution in [0, 0.1) is 0 Å². The molecule has 0 saturated carbocycles. The van der Waals surface area contributed by atoms with Gasteiger partial charge in [-0.1, -0.05) is 0 Å². The number of fused-ring (bicyclic) bond motifs is 1. The van der Waals surface area contributed by atoms with Crippen LogP contribution in [0.4, 0.5) is 5.69 Å². The van der Waals surface area contributed by atoms with Crippen molar-refractivity contribution in [2.24, 2.45) is 7.05 Å². The van der Waals surface area contributed by atoms with Crippen LogP contribution < -0.4 is 5.73 Å². The van der Waals surface area contributed by atoms with Gasteiger partial charge in [0.05, 0.1) is 5.69 Å². The third kappa shape index (κ3) is 1.56. The normalized spacial score (nSPS) is 11.2. The first-order valence-corrected chi connectivity index (χ1v) is 5.60. The number of aromatic nitrogens is 2. The largest absolute Gasteiger partial charge is 0.458 e. The van der Waals surface area contributed by atoms with Crippen LogP contribution in [-0.2, 0) is 13.7 Å². The molecule has 3 rings (SSSR count). The van der Waals surface area contributed by atoms with Gasteiger partial charge in [0, 0.05) is 29.9 Å². The lowest BCUT2D eigenvalue weighted by Gasteiger charge is -2.04. The molecular formula is C13H13N3O2. The predicted octanol–water partition coefficient (Wildman–Crippen LogP) is 1.91. The van der Waals surface area contributed by atoms with Gasteiger partial charge in [0.2, 0.25) is 0 Å². The Bertz CT molecular complexity index is 712. The van der Waals surface area contributed by atoms with Crippen molar-refractivity contribution in [3.05, 3.63) is 36.2 Å². The molecule has 5 nitrogen and oxygen atoms in total. The molecule has 18 heavy (non-hydrogen) atoms. The minimum absolute atomic E-state index is 0.126. The van der Waals surface area contributed by atoms with E-state index < -0.39 is 0 Å². The van der Waals surface area contributed by atoms with E-state index in [1.165, 1.54) is 0 Å². The first kappa shape index (κ1) is 10.9. The van der Waals surface area contributed by atoms with Crippen molar-refractivity contribution in [3.63, 3.8) is 0 Å². The Morgan fingerprint density at radius 2 is 2.22 bits per heavy atom. The van der Waals surface area contributed by atoms with E-state index in [1.54, 1.807) is 16.9 Å². The number of aliphatic hydroxyl groups excluding tert-OH is 1. The highest BCUT2D eigenvalue weighted by molar-refractivity contribution is 5.94. The van der Waals surface area contributed by atoms with Crippen LogP contribution in [0.3, 0.4) is 0 Å². The molecule has 92 valence electrons. The number of aliphatic hydroxyl groups is 1. The topological polar surface area (TPSA) is 77.2 Å². The van der Waals surface area contributed by atoms with Crippen molar-refractivity contribution in [2.45, 2.75) is 6.61 Å². The molecular weight excluding hydrogens is 230 g/mol. The Hall–Kier alpha value is -2.27. The van der Waals surface area contributed by atoms with Crippen LogP contribution in [0.25, 0.3) is 22.2 Å². The number of rotatable bonds is 2. The highest BCUT2D eigenvalue weighted by Crippen LogP contribution is 2.33. The number of aryl methyl sites for hydroxylation is 1. The Labute approximate surface area is 103 Å². The van der Waals surface area contributed by atoms with Crippen LogP contribution >= 0.6 is 0 Å². The van der Waals surface area contributed by atoms with Crippen LogP contribution in [-0.4, -0.2) is 14.9 Å². The van der Waals surface area contributed by atoms with Gasteiger partial charge in [-0.15, -0.1) is 0 Å². The van der Waals surface area contributed by atoms with Gasteiger partial charge in [0.15, 0.2) is 0 Å². The smallest absolute Gasteiger partial charge is 0.143 e. The number of benzene rings is 1. The maximum atomic E-state index is 9.14. The van der Waals surface area contributed by atoms with E-state index in [0.29, 0.717) is 11.4 Å². The fourth-order valence-electron chi connectivity index (χ4n) is 2.14. The minimum atomic E-state index is -0.126. The molecule has 5 heteroatoms. The molecule has 0 spiro atoms. The van der Waals surface area contributed by atoms with Crippen molar-refractivity contribution in [1.29, 1.82) is 0 Å². The molecule has 0 aliphatic carbocycles. The molecule has 0 radical (unpaired) electrons. The lowest BCUT2D eigenvalue weighted by Crippen LogP contribution is -1.94. The molecule has 0 unspecified atom stereocenters. The molecule has 0 bridgehead atoms. The van der Waals surface area contributed by atoms with Crippen molar-refractivity contribution in [1.82, 2.24) is 9.78 Å². The van der Waals surface area contributed by atoms with Crippen LogP contribution in [0.2, 0.25) is 0 Å². The third-order valence-electron chi connectivity index (χ3n) is 2.94. The monoisotopic (exact) mass is 243 g/mol. The maximum absolute atomic E-state index is 9.14. The molecule has 2 aromatic heterocycles. The molecule has 0 aliphatic rings. The van der Waals surface area contributed by atoms with Crippen LogP contribution in [0.1, 0.15) is 5.76 Å². The molecule has 0 atom stereocenters. The average Bonchev–Trinajstić information content (AvgIpc) is 2.93. The maximum Gasteiger partial charge on any atom is 0.143 e. The van der Waals surface area contributed by atoms with Gasteiger partial charge in [-0.05, 0) is 24.3 Å². The van der Waals surface area contributed by atoms with Gasteiger partial charge in [0.25, 0.3) is 0 Å². The summed E-state index contributed by atoms with van der Waals surface area (Å²) in [5.74, 6) is 0.527. The molecule has 0 fully saturated rings. The van der Waals surface area contributed by atoms with E-state index in [2.05, 4.69) is 5.10 Å². The van der Waals surface area contributed by atoms with E-state index in [0.717, 1.165) is 22.2 Å². The quantitative estimate of drug-likeness (QED) is 0.674. The van der Waals surface area contributed by atoms with E-state index in [4.69, 9.17) is 15.3 Å². The average molecular weight is 243 g/mol. The zero-order valence-corrected chi connectivity index (χ0v) is 9.92. The summed E-state index contributed by atoms with van der Waals surface area (Å²) in [6, 6.07) is 7.38. The zero-order chi connectivity index (χ0) is 12.7. The summed E-state index contributed by atoms with van der Waals surface area (Å²) in [5.41, 5.74) is 9.08. The zero-order valence-electron chi connectivity index (χ0n) is 9.92. The van der Waals surface area contributed by atoms with Gasteiger partial charge in [-0.25, -0.2) is 0 Å². The minimum Gasteiger partial charge on any atom is -0.458 e. The van der Waals surface area contributed by atoms with Gasteiger partial charge >= 0.3 is 0 Å². The van der Waals surface area contributed by atoms with E-state index >= 15 is 0 Å². The molecule has 3 aromatic rings. The molecule has 0 aliphatic heterocycles. The standard InChI is InChI=1S/C13H13N3O2/c1-16-12(2-3-15-16)11-6-9(14)4-8-5-10(7-17)18-13(8)11/h2-6,17H,7,14H2,1H3. The molecule has 0 amide bonds. The SMILES string of the molecule is Cn1nccc1-c1cc(N)cc2cc(CO)oc12. The second kappa shape index (κ2) is 3.89. The second-order valence-electron chi connectivity index (χ2n) is 4.20. The summed E-state index contributed by atoms with van der Waals surface area (Å²) in [4.78, 5) is 0. The summed E-state index contributed by atoms with van der Waals surface area (Å²) in [7, 11) is 1.86. The van der Waals surface area contributed by atoms with Crippen molar-refractivity contribution in [2.75, 3.05) is 5.73 Å². The lowest BCUT2D eigenvalue weighted by molar-refractivity contribution is 0.251. The number of nitrogens with two attached hydrogens (primary N) is 1. The molecule has 0 saturated heterocycles. The van der Waals surface area contributed by atoms with Gasteiger partial charge < -0.3 is 15.3 Å². The Kier molecular flexibility index (Phi) is 2.34. The van der Waals surface area contributed by atoms with Gasteiger partial charge in [0.1, 0.15) is 18.0 Å². The summed E-state index contributed by atoms with van der Waals surface area (Å²) < 4.78 is 7.39. The molecule has 1 aromatic carbocycles. The number of furan rings is 1. The molecule has 3 N–H and O–H groups in total. The molecule has 2 heterocycles. The fourth-order valence-corrected chi connectivity index (χ4v) is 2.14. The second-order valence-corrected chi connectivity index (χ2v) is 4.20. The summed E-state index contributed by atoms with van der Waals surface area (Å²) >= 11 is 0. The van der Waals surface area contributed by atoms with Crippen molar-refractivity contribution in [3.8, 4) is 11.3 Å². The van der Waals surface area contributed by atoms with Gasteiger partial charge in [-0.3, -0.25) is 4.68 Å². The predicted molar refractivity (Wildman–Crippen MR) is 68.8 cm³/mol. The number of hydrogen-bond donors (Lipinski definition) is 2. The first-order chi connectivity index (χ1) is 8.69. The van der Waals surface area contributed by atoms with Crippen LogP contribution in [0.15, 0.2) is 34.9 Å². The highest BCUT2D eigenvalue weighted by Gasteiger charge is 2.13. The Morgan fingerprint density at radius 1 is 1.39 bits per heavy atom. The highest BCUT2D eigenvalue weighted by atomic mass is 16.4. The summed E-state index contributed by atoms with van der Waals surface area (Å²) in [6.45, 7) is -0.126. The van der Waals surface area contributed by atoms with Gasteiger partial charge in [-0.2, -0.15) is 5.10 Å². The number of anilines is 1. The summed E-state index contributed by atoms with van der Waals surface area (Å²) in [5, 5.41) is 14.2. The number of nitrogens with zero attached hydrogens (tertiary/aromatic N) is 2. The third-order valence-corrected chi connectivity index (χ3v) is 2.94. The number of nitrogen functional groups attached to an aromatic ring is 1. The van der Waals surface area contributed by atoms with E-state index in [1.807, 2.05) is 25.2 Å². The summed E-state index contributed by atoms with van der Waals surface area (Å²) in [6.07, 6.45) is 1.72. The lowest BCUT2D eigenvalue weighted by atomic mass is 10.1. The first-order valence-electron chi connectivity index (χ1n) is 5.60. The fraction of sp³-hybridized carbons (Fsp3) is 0.154. The van der Waals surface area contributed by atoms with Crippen molar-refractivity contribution < 1.29 is 9.52 Å². The van der Waals surface area contributed by atoms with E-state index in [-0.39, 0.29) is 6.61 Å². The Morgan fingerprint density at radius 3 is 2.89 bits per heavy atom. The van der Waals surface area contributed by atoms with Crippen molar-refractivity contribution >= 4 is 16.7 Å².